The Labute approximate surface area is 111 Å². The van der Waals surface area contributed by atoms with Gasteiger partial charge < -0.3 is 0 Å². The Hall–Kier alpha value is -1.93. The smallest absolute Gasteiger partial charge is 0.124 e. The topological polar surface area (TPSA) is 12.9 Å². The van der Waals surface area contributed by atoms with Crippen LogP contribution in [-0.4, -0.2) is 4.98 Å². The van der Waals surface area contributed by atoms with Crippen molar-refractivity contribution in [1.29, 1.82) is 0 Å². The molecule has 2 aromatic carbocycles. The lowest BCUT2D eigenvalue weighted by Gasteiger charge is -1.96. The van der Waals surface area contributed by atoms with Crippen molar-refractivity contribution in [3.05, 3.63) is 66.4 Å². The van der Waals surface area contributed by atoms with E-state index in [0.29, 0.717) is 0 Å². The van der Waals surface area contributed by atoms with E-state index in [1.165, 1.54) is 16.0 Å². The highest BCUT2D eigenvalue weighted by Crippen LogP contribution is 2.34. The number of hydrogen-bond donors (Lipinski definition) is 0. The SMILES string of the molecule is Cc1nc(-c2ccccc2)sc1-c1ccccc1. The van der Waals surface area contributed by atoms with E-state index in [1.807, 2.05) is 24.3 Å². The third kappa shape index (κ3) is 2.07. The summed E-state index contributed by atoms with van der Waals surface area (Å²) in [5.41, 5.74) is 3.53. The van der Waals surface area contributed by atoms with Gasteiger partial charge in [0.15, 0.2) is 0 Å². The lowest BCUT2D eigenvalue weighted by molar-refractivity contribution is 1.27. The van der Waals surface area contributed by atoms with Gasteiger partial charge >= 0.3 is 0 Å². The van der Waals surface area contributed by atoms with Crippen LogP contribution in [0.5, 0.6) is 0 Å². The number of rotatable bonds is 2. The zero-order valence-corrected chi connectivity index (χ0v) is 10.9. The van der Waals surface area contributed by atoms with Crippen LogP contribution in [0.25, 0.3) is 21.0 Å². The fourth-order valence-electron chi connectivity index (χ4n) is 1.96. The first kappa shape index (κ1) is 11.2. The Morgan fingerprint density at radius 2 is 1.33 bits per heavy atom. The molecule has 1 aromatic heterocycles. The molecule has 2 heteroatoms. The molecule has 3 rings (SSSR count). The van der Waals surface area contributed by atoms with Crippen molar-refractivity contribution in [3.63, 3.8) is 0 Å². The molecular formula is C16H13NS. The minimum absolute atomic E-state index is 1.09. The van der Waals surface area contributed by atoms with E-state index in [2.05, 4.69) is 48.3 Å². The number of thiazole rings is 1. The molecule has 0 saturated heterocycles. The quantitative estimate of drug-likeness (QED) is 0.638. The maximum Gasteiger partial charge on any atom is 0.124 e. The number of hydrogen-bond acceptors (Lipinski definition) is 2. The zero-order valence-electron chi connectivity index (χ0n) is 10.1. The van der Waals surface area contributed by atoms with Gasteiger partial charge in [0.1, 0.15) is 5.01 Å². The summed E-state index contributed by atoms with van der Waals surface area (Å²) in [4.78, 5) is 5.93. The summed E-state index contributed by atoms with van der Waals surface area (Å²) < 4.78 is 0. The number of benzene rings is 2. The van der Waals surface area contributed by atoms with Gasteiger partial charge in [-0.25, -0.2) is 4.98 Å². The van der Waals surface area contributed by atoms with Crippen molar-refractivity contribution in [2.75, 3.05) is 0 Å². The fourth-order valence-corrected chi connectivity index (χ4v) is 3.04. The molecule has 0 aliphatic rings. The second-order valence-corrected chi connectivity index (χ2v) is 5.16. The maximum atomic E-state index is 4.68. The largest absolute Gasteiger partial charge is 0.241 e. The predicted molar refractivity (Wildman–Crippen MR) is 77.7 cm³/mol. The van der Waals surface area contributed by atoms with E-state index >= 15 is 0 Å². The van der Waals surface area contributed by atoms with Gasteiger partial charge in [-0.2, -0.15) is 0 Å². The van der Waals surface area contributed by atoms with E-state index < -0.39 is 0 Å². The molecule has 3 aromatic rings. The average molecular weight is 251 g/mol. The first-order chi connectivity index (χ1) is 8.84. The molecule has 0 fully saturated rings. The summed E-state index contributed by atoms with van der Waals surface area (Å²) >= 11 is 1.75. The van der Waals surface area contributed by atoms with Gasteiger partial charge in [0, 0.05) is 5.56 Å². The molecule has 0 unspecified atom stereocenters. The molecule has 1 heterocycles. The first-order valence-electron chi connectivity index (χ1n) is 5.93. The van der Waals surface area contributed by atoms with Gasteiger partial charge in [-0.3, -0.25) is 0 Å². The summed E-state index contributed by atoms with van der Waals surface area (Å²) in [5, 5.41) is 1.09. The molecule has 0 radical (unpaired) electrons. The summed E-state index contributed by atoms with van der Waals surface area (Å²) in [6.45, 7) is 2.07. The van der Waals surface area contributed by atoms with Crippen LogP contribution in [0.4, 0.5) is 0 Å². The second kappa shape index (κ2) is 4.75. The molecule has 0 amide bonds. The number of aryl methyl sites for hydroxylation is 1. The summed E-state index contributed by atoms with van der Waals surface area (Å²) in [7, 11) is 0. The second-order valence-electron chi connectivity index (χ2n) is 4.17. The zero-order chi connectivity index (χ0) is 12.4. The van der Waals surface area contributed by atoms with Gasteiger partial charge in [0.2, 0.25) is 0 Å². The Bertz CT molecular complexity index is 641. The van der Waals surface area contributed by atoms with Crippen molar-refractivity contribution in [1.82, 2.24) is 4.98 Å². The van der Waals surface area contributed by atoms with Crippen molar-refractivity contribution in [2.24, 2.45) is 0 Å². The van der Waals surface area contributed by atoms with E-state index in [9.17, 15) is 0 Å². The van der Waals surface area contributed by atoms with Crippen LogP contribution in [0, 0.1) is 6.92 Å². The summed E-state index contributed by atoms with van der Waals surface area (Å²) in [6, 6.07) is 20.8. The van der Waals surface area contributed by atoms with Crippen LogP contribution in [0.2, 0.25) is 0 Å². The fraction of sp³-hybridized carbons (Fsp3) is 0.0625. The normalized spacial score (nSPS) is 10.5. The minimum Gasteiger partial charge on any atom is -0.241 e. The third-order valence-corrected chi connectivity index (χ3v) is 4.11. The Morgan fingerprint density at radius 1 is 0.778 bits per heavy atom. The summed E-state index contributed by atoms with van der Waals surface area (Å²) in [6.07, 6.45) is 0. The van der Waals surface area contributed by atoms with Gasteiger partial charge in [0.25, 0.3) is 0 Å². The van der Waals surface area contributed by atoms with Crippen LogP contribution in [-0.2, 0) is 0 Å². The molecule has 0 bridgehead atoms. The third-order valence-electron chi connectivity index (χ3n) is 2.85. The van der Waals surface area contributed by atoms with Crippen LogP contribution in [0.15, 0.2) is 60.7 Å². The number of aromatic nitrogens is 1. The number of nitrogens with zero attached hydrogens (tertiary/aromatic N) is 1. The lowest BCUT2D eigenvalue weighted by Crippen LogP contribution is -1.77. The monoisotopic (exact) mass is 251 g/mol. The van der Waals surface area contributed by atoms with Gasteiger partial charge in [-0.15, -0.1) is 11.3 Å². The van der Waals surface area contributed by atoms with Gasteiger partial charge in [-0.05, 0) is 12.5 Å². The van der Waals surface area contributed by atoms with Crippen LogP contribution < -0.4 is 0 Å². The molecule has 88 valence electrons. The highest BCUT2D eigenvalue weighted by molar-refractivity contribution is 7.18. The van der Waals surface area contributed by atoms with E-state index in [0.717, 1.165) is 10.7 Å². The van der Waals surface area contributed by atoms with Crippen LogP contribution >= 0.6 is 11.3 Å². The maximum absolute atomic E-state index is 4.68. The van der Waals surface area contributed by atoms with Crippen molar-refractivity contribution in [2.45, 2.75) is 6.92 Å². The van der Waals surface area contributed by atoms with Gasteiger partial charge in [0.05, 0.1) is 10.6 Å². The van der Waals surface area contributed by atoms with Crippen molar-refractivity contribution in [3.8, 4) is 21.0 Å². The Balaban J connectivity index is 2.07. The lowest BCUT2D eigenvalue weighted by atomic mass is 10.2. The van der Waals surface area contributed by atoms with Crippen LogP contribution in [0.1, 0.15) is 5.69 Å². The molecule has 0 aliphatic carbocycles. The van der Waals surface area contributed by atoms with Crippen molar-refractivity contribution >= 4 is 11.3 Å². The van der Waals surface area contributed by atoms with Crippen LogP contribution in [0.3, 0.4) is 0 Å². The molecule has 0 aliphatic heterocycles. The highest BCUT2D eigenvalue weighted by Gasteiger charge is 2.10. The highest BCUT2D eigenvalue weighted by atomic mass is 32.1. The Morgan fingerprint density at radius 3 is 1.94 bits per heavy atom. The van der Waals surface area contributed by atoms with E-state index in [1.54, 1.807) is 11.3 Å². The summed E-state index contributed by atoms with van der Waals surface area (Å²) in [5.74, 6) is 0. The standard InChI is InChI=1S/C16H13NS/c1-12-15(13-8-4-2-5-9-13)18-16(17-12)14-10-6-3-7-11-14/h2-11H,1H3. The minimum atomic E-state index is 1.09. The van der Waals surface area contributed by atoms with Crippen molar-refractivity contribution < 1.29 is 0 Å². The molecule has 0 saturated carbocycles. The molecule has 0 N–H and O–H groups in total. The Kier molecular flexibility index (Phi) is 2.95. The van der Waals surface area contributed by atoms with Gasteiger partial charge in [-0.1, -0.05) is 60.7 Å². The first-order valence-corrected chi connectivity index (χ1v) is 6.74. The molecule has 0 atom stereocenters. The van der Waals surface area contributed by atoms with E-state index in [-0.39, 0.29) is 0 Å². The molecule has 1 nitrogen and oxygen atoms in total. The molecular weight excluding hydrogens is 238 g/mol. The van der Waals surface area contributed by atoms with E-state index in [4.69, 9.17) is 0 Å². The average Bonchev–Trinajstić information content (AvgIpc) is 2.83. The predicted octanol–water partition coefficient (Wildman–Crippen LogP) is 4.79. The molecule has 0 spiro atoms. The molecule has 18 heavy (non-hydrogen) atoms.